The number of nitrogens with zero attached hydrogens (tertiary/aromatic N) is 1. The Kier molecular flexibility index (Phi) is 4.88. The van der Waals surface area contributed by atoms with E-state index < -0.39 is 11.9 Å². The molecule has 2 atom stereocenters. The van der Waals surface area contributed by atoms with Crippen molar-refractivity contribution < 1.29 is 14.2 Å². The third-order valence-corrected chi connectivity index (χ3v) is 4.19. The number of aliphatic hydroxyl groups excluding tert-OH is 1. The van der Waals surface area contributed by atoms with E-state index in [4.69, 9.17) is 4.74 Å². The number of para-hydroxylation sites is 1. The standard InChI is InChI=1S/C18H21FN2O2/c1-2-12-4-3-5-14-15(8-9-23-18(12)14)21-11-17(22)16-7-6-13(19)10-20-16/h3-7,10,15,17,21-22H,2,8-9,11H2,1H3. The molecule has 1 aromatic heterocycles. The van der Waals surface area contributed by atoms with Crippen molar-refractivity contribution in [3.05, 3.63) is 59.2 Å². The number of hydrogen-bond donors (Lipinski definition) is 2. The maximum Gasteiger partial charge on any atom is 0.141 e. The summed E-state index contributed by atoms with van der Waals surface area (Å²) < 4.78 is 18.7. The smallest absolute Gasteiger partial charge is 0.141 e. The topological polar surface area (TPSA) is 54.4 Å². The minimum absolute atomic E-state index is 0.139. The van der Waals surface area contributed by atoms with E-state index >= 15 is 0 Å². The second-order valence-corrected chi connectivity index (χ2v) is 5.70. The third kappa shape index (κ3) is 3.51. The average molecular weight is 316 g/mol. The van der Waals surface area contributed by atoms with Crippen LogP contribution in [0.3, 0.4) is 0 Å². The van der Waals surface area contributed by atoms with E-state index in [-0.39, 0.29) is 6.04 Å². The zero-order valence-corrected chi connectivity index (χ0v) is 13.1. The van der Waals surface area contributed by atoms with E-state index in [2.05, 4.69) is 29.4 Å². The summed E-state index contributed by atoms with van der Waals surface area (Å²) in [6.07, 6.45) is 2.13. The normalized spacial score (nSPS) is 18.1. The molecule has 0 saturated carbocycles. The molecule has 2 aromatic rings. The van der Waals surface area contributed by atoms with Gasteiger partial charge in [0.05, 0.1) is 18.5 Å². The molecule has 0 spiro atoms. The summed E-state index contributed by atoms with van der Waals surface area (Å²) in [5.41, 5.74) is 2.80. The summed E-state index contributed by atoms with van der Waals surface area (Å²) in [7, 11) is 0. The molecule has 0 fully saturated rings. The molecule has 2 heterocycles. The Morgan fingerprint density at radius 3 is 3.00 bits per heavy atom. The molecule has 0 amide bonds. The van der Waals surface area contributed by atoms with E-state index in [9.17, 15) is 9.50 Å². The number of aryl methyl sites for hydroxylation is 1. The van der Waals surface area contributed by atoms with Gasteiger partial charge in [-0.25, -0.2) is 4.39 Å². The molecule has 1 aliphatic rings. The zero-order chi connectivity index (χ0) is 16.2. The number of nitrogens with one attached hydrogen (secondary N) is 1. The van der Waals surface area contributed by atoms with Gasteiger partial charge in [-0.1, -0.05) is 25.1 Å². The molecule has 4 nitrogen and oxygen atoms in total. The Bertz CT molecular complexity index is 661. The fourth-order valence-corrected chi connectivity index (χ4v) is 2.92. The molecular weight excluding hydrogens is 295 g/mol. The molecule has 0 aliphatic carbocycles. The van der Waals surface area contributed by atoms with Crippen LogP contribution >= 0.6 is 0 Å². The van der Waals surface area contributed by atoms with Gasteiger partial charge in [0.2, 0.25) is 0 Å². The largest absolute Gasteiger partial charge is 0.493 e. The van der Waals surface area contributed by atoms with Crippen molar-refractivity contribution in [2.45, 2.75) is 31.9 Å². The zero-order valence-electron chi connectivity index (χ0n) is 13.1. The molecule has 1 aliphatic heterocycles. The van der Waals surface area contributed by atoms with Crippen molar-refractivity contribution >= 4 is 0 Å². The fraction of sp³-hybridized carbons (Fsp3) is 0.389. The highest BCUT2D eigenvalue weighted by molar-refractivity contribution is 5.44. The Hall–Kier alpha value is -1.98. The summed E-state index contributed by atoms with van der Waals surface area (Å²) in [6, 6.07) is 9.14. The van der Waals surface area contributed by atoms with Gasteiger partial charge in [0, 0.05) is 24.6 Å². The van der Waals surface area contributed by atoms with Gasteiger partial charge in [-0.15, -0.1) is 0 Å². The van der Waals surface area contributed by atoms with Crippen LogP contribution in [0.4, 0.5) is 4.39 Å². The average Bonchev–Trinajstić information content (AvgIpc) is 2.59. The van der Waals surface area contributed by atoms with Crippen molar-refractivity contribution in [1.82, 2.24) is 10.3 Å². The second-order valence-electron chi connectivity index (χ2n) is 5.70. The number of hydrogen-bond acceptors (Lipinski definition) is 4. The van der Waals surface area contributed by atoms with Crippen molar-refractivity contribution in [1.29, 1.82) is 0 Å². The van der Waals surface area contributed by atoms with Gasteiger partial charge < -0.3 is 15.2 Å². The lowest BCUT2D eigenvalue weighted by atomic mass is 9.96. The summed E-state index contributed by atoms with van der Waals surface area (Å²) >= 11 is 0. The van der Waals surface area contributed by atoms with Crippen LogP contribution in [0.25, 0.3) is 0 Å². The first-order valence-electron chi connectivity index (χ1n) is 7.96. The van der Waals surface area contributed by atoms with E-state index in [1.807, 2.05) is 6.07 Å². The van der Waals surface area contributed by atoms with Gasteiger partial charge in [-0.05, 0) is 24.1 Å². The molecule has 122 valence electrons. The first-order valence-corrected chi connectivity index (χ1v) is 7.96. The van der Waals surface area contributed by atoms with Crippen molar-refractivity contribution in [3.63, 3.8) is 0 Å². The lowest BCUT2D eigenvalue weighted by Crippen LogP contribution is -2.31. The number of aliphatic hydroxyl groups is 1. The molecule has 2 N–H and O–H groups in total. The first-order chi connectivity index (χ1) is 11.2. The lowest BCUT2D eigenvalue weighted by molar-refractivity contribution is 0.158. The maximum absolute atomic E-state index is 12.9. The van der Waals surface area contributed by atoms with Crippen LogP contribution in [-0.2, 0) is 6.42 Å². The summed E-state index contributed by atoms with van der Waals surface area (Å²) in [6.45, 7) is 3.13. The summed E-state index contributed by atoms with van der Waals surface area (Å²) in [5.74, 6) is 0.563. The Labute approximate surface area is 135 Å². The molecule has 0 radical (unpaired) electrons. The number of halogens is 1. The number of benzene rings is 1. The van der Waals surface area contributed by atoms with Crippen LogP contribution in [0.15, 0.2) is 36.5 Å². The van der Waals surface area contributed by atoms with Crippen LogP contribution in [0.2, 0.25) is 0 Å². The third-order valence-electron chi connectivity index (χ3n) is 4.19. The predicted octanol–water partition coefficient (Wildman–Crippen LogP) is 2.93. The minimum Gasteiger partial charge on any atom is -0.493 e. The molecule has 23 heavy (non-hydrogen) atoms. The van der Waals surface area contributed by atoms with Gasteiger partial charge in [-0.2, -0.15) is 0 Å². The van der Waals surface area contributed by atoms with Gasteiger partial charge in [0.25, 0.3) is 0 Å². The molecule has 0 saturated heterocycles. The molecule has 3 rings (SSSR count). The molecule has 2 unspecified atom stereocenters. The second kappa shape index (κ2) is 7.06. The van der Waals surface area contributed by atoms with Crippen LogP contribution in [-0.4, -0.2) is 23.2 Å². The SMILES string of the molecule is CCc1cccc2c1OCCC2NCC(O)c1ccc(F)cn1. The highest BCUT2D eigenvalue weighted by Gasteiger charge is 2.23. The van der Waals surface area contributed by atoms with Gasteiger partial charge >= 0.3 is 0 Å². The Balaban J connectivity index is 1.69. The lowest BCUT2D eigenvalue weighted by Gasteiger charge is -2.29. The van der Waals surface area contributed by atoms with Gasteiger partial charge in [0.1, 0.15) is 17.7 Å². The van der Waals surface area contributed by atoms with Crippen molar-refractivity contribution in [2.24, 2.45) is 0 Å². The van der Waals surface area contributed by atoms with E-state index in [0.29, 0.717) is 18.8 Å². The van der Waals surface area contributed by atoms with E-state index in [1.54, 1.807) is 0 Å². The highest BCUT2D eigenvalue weighted by atomic mass is 19.1. The molecule has 5 heteroatoms. The number of aromatic nitrogens is 1. The van der Waals surface area contributed by atoms with Crippen molar-refractivity contribution in [2.75, 3.05) is 13.2 Å². The molecular formula is C18H21FN2O2. The molecule has 1 aromatic carbocycles. The Morgan fingerprint density at radius 1 is 1.39 bits per heavy atom. The van der Waals surface area contributed by atoms with Crippen LogP contribution in [0.1, 0.15) is 42.3 Å². The minimum atomic E-state index is -0.767. The number of fused-ring (bicyclic) bond motifs is 1. The van der Waals surface area contributed by atoms with Gasteiger partial charge in [-0.3, -0.25) is 4.98 Å². The summed E-state index contributed by atoms with van der Waals surface area (Å²) in [5, 5.41) is 13.6. The van der Waals surface area contributed by atoms with Gasteiger partial charge in [0.15, 0.2) is 0 Å². The fourth-order valence-electron chi connectivity index (χ4n) is 2.92. The maximum atomic E-state index is 12.9. The van der Waals surface area contributed by atoms with E-state index in [0.717, 1.165) is 30.4 Å². The highest BCUT2D eigenvalue weighted by Crippen LogP contribution is 2.35. The Morgan fingerprint density at radius 2 is 2.26 bits per heavy atom. The monoisotopic (exact) mass is 316 g/mol. The quantitative estimate of drug-likeness (QED) is 0.890. The number of ether oxygens (including phenoxy) is 1. The number of rotatable bonds is 5. The summed E-state index contributed by atoms with van der Waals surface area (Å²) in [4.78, 5) is 3.92. The van der Waals surface area contributed by atoms with Crippen molar-refractivity contribution in [3.8, 4) is 5.75 Å². The predicted molar refractivity (Wildman–Crippen MR) is 85.8 cm³/mol. The number of pyridine rings is 1. The van der Waals surface area contributed by atoms with Crippen LogP contribution in [0.5, 0.6) is 5.75 Å². The molecule has 0 bridgehead atoms. The van der Waals surface area contributed by atoms with Crippen LogP contribution in [0, 0.1) is 5.82 Å². The first kappa shape index (κ1) is 15.9. The van der Waals surface area contributed by atoms with Crippen LogP contribution < -0.4 is 10.1 Å². The van der Waals surface area contributed by atoms with E-state index in [1.165, 1.54) is 17.7 Å².